The molecule has 0 spiro atoms. The number of nitrogens with zero attached hydrogens (tertiary/aromatic N) is 1. The molecule has 0 aliphatic heterocycles. The summed E-state index contributed by atoms with van der Waals surface area (Å²) in [6, 6.07) is 18.4. The Morgan fingerprint density at radius 1 is 0.935 bits per heavy atom. The maximum Gasteiger partial charge on any atom is 0.269 e. The number of nitrogens with one attached hydrogen (secondary N) is 2. The van der Waals surface area contributed by atoms with Crippen LogP contribution in [0.4, 0.5) is 17.1 Å². The van der Waals surface area contributed by atoms with Crippen LogP contribution in [0.3, 0.4) is 0 Å². The number of anilines is 2. The summed E-state index contributed by atoms with van der Waals surface area (Å²) < 4.78 is 0. The van der Waals surface area contributed by atoms with E-state index in [1.807, 2.05) is 44.2 Å². The summed E-state index contributed by atoms with van der Waals surface area (Å²) in [4.78, 5) is 35.6. The highest BCUT2D eigenvalue weighted by atomic mass is 32.2. The van der Waals surface area contributed by atoms with E-state index >= 15 is 0 Å². The Kier molecular flexibility index (Phi) is 7.04. The van der Waals surface area contributed by atoms with Gasteiger partial charge in [-0.1, -0.05) is 17.7 Å². The summed E-state index contributed by atoms with van der Waals surface area (Å²) in [7, 11) is 0. The van der Waals surface area contributed by atoms with Crippen LogP contribution < -0.4 is 10.6 Å². The van der Waals surface area contributed by atoms with Gasteiger partial charge in [0.15, 0.2) is 0 Å². The molecule has 0 bridgehead atoms. The number of hydrogen-bond donors (Lipinski definition) is 2. The van der Waals surface area contributed by atoms with E-state index in [9.17, 15) is 19.7 Å². The van der Waals surface area contributed by atoms with Crippen molar-refractivity contribution < 1.29 is 14.5 Å². The second-order valence-electron chi connectivity index (χ2n) is 6.94. The normalized spacial score (nSPS) is 10.4. The van der Waals surface area contributed by atoms with Crippen molar-refractivity contribution in [2.24, 2.45) is 0 Å². The van der Waals surface area contributed by atoms with Crippen molar-refractivity contribution in [2.45, 2.75) is 18.7 Å². The summed E-state index contributed by atoms with van der Waals surface area (Å²) in [6.07, 6.45) is 0. The lowest BCUT2D eigenvalue weighted by Gasteiger charge is -2.09. The zero-order chi connectivity index (χ0) is 22.4. The smallest absolute Gasteiger partial charge is 0.269 e. The lowest BCUT2D eigenvalue weighted by atomic mass is 10.1. The third-order valence-electron chi connectivity index (χ3n) is 4.48. The minimum atomic E-state index is -0.514. The Morgan fingerprint density at radius 2 is 1.61 bits per heavy atom. The number of hydrogen-bond acceptors (Lipinski definition) is 5. The summed E-state index contributed by atoms with van der Waals surface area (Å²) in [5.41, 5.74) is 3.82. The first-order chi connectivity index (χ1) is 14.8. The summed E-state index contributed by atoms with van der Waals surface area (Å²) in [5.74, 6) is -0.183. The fourth-order valence-electron chi connectivity index (χ4n) is 2.86. The lowest BCUT2D eigenvalue weighted by molar-refractivity contribution is -0.384. The number of carbonyl (C=O) groups is 2. The summed E-state index contributed by atoms with van der Waals surface area (Å²) >= 11 is 1.40. The number of carbonyl (C=O) groups excluding carboxylic acids is 2. The molecule has 0 atom stereocenters. The van der Waals surface area contributed by atoms with Gasteiger partial charge in [-0.15, -0.1) is 11.8 Å². The van der Waals surface area contributed by atoms with Gasteiger partial charge in [0.2, 0.25) is 5.91 Å². The Labute approximate surface area is 184 Å². The Morgan fingerprint density at radius 3 is 2.23 bits per heavy atom. The number of non-ortho nitro benzene ring substituents is 1. The van der Waals surface area contributed by atoms with Gasteiger partial charge in [-0.2, -0.15) is 0 Å². The second kappa shape index (κ2) is 9.90. The van der Waals surface area contributed by atoms with Crippen LogP contribution in [0.15, 0.2) is 71.6 Å². The van der Waals surface area contributed by atoms with Crippen molar-refractivity contribution in [3.63, 3.8) is 0 Å². The van der Waals surface area contributed by atoms with Crippen LogP contribution >= 0.6 is 11.8 Å². The van der Waals surface area contributed by atoms with Gasteiger partial charge in [0.05, 0.1) is 10.7 Å². The molecule has 31 heavy (non-hydrogen) atoms. The number of amides is 2. The molecule has 7 nitrogen and oxygen atoms in total. The minimum absolute atomic E-state index is 0.0699. The molecule has 2 amide bonds. The predicted octanol–water partition coefficient (Wildman–Crippen LogP) is 5.19. The maximum atomic E-state index is 12.3. The summed E-state index contributed by atoms with van der Waals surface area (Å²) in [6.45, 7) is 3.96. The van der Waals surface area contributed by atoms with E-state index < -0.39 is 4.92 Å². The van der Waals surface area contributed by atoms with Crippen molar-refractivity contribution in [1.29, 1.82) is 0 Å². The molecular formula is C23H21N3O4S. The molecule has 8 heteroatoms. The summed E-state index contributed by atoms with van der Waals surface area (Å²) in [5, 5.41) is 16.4. The molecule has 0 fully saturated rings. The van der Waals surface area contributed by atoms with Crippen LogP contribution in [0.25, 0.3) is 0 Å². The van der Waals surface area contributed by atoms with Crippen LogP contribution in [-0.4, -0.2) is 22.5 Å². The Bertz CT molecular complexity index is 1110. The molecule has 0 saturated carbocycles. The number of nitro groups is 1. The van der Waals surface area contributed by atoms with Gasteiger partial charge in [-0.25, -0.2) is 0 Å². The van der Waals surface area contributed by atoms with Gasteiger partial charge in [-0.3, -0.25) is 19.7 Å². The highest BCUT2D eigenvalue weighted by Gasteiger charge is 2.10. The lowest BCUT2D eigenvalue weighted by Crippen LogP contribution is -2.14. The van der Waals surface area contributed by atoms with Gasteiger partial charge in [0, 0.05) is 34.0 Å². The molecule has 3 rings (SSSR count). The SMILES string of the molecule is Cc1ccc(NC(=O)CSc2ccc(NC(=O)c3ccc([N+](=O)[O-])cc3)cc2)c(C)c1. The Balaban J connectivity index is 1.52. The average molecular weight is 436 g/mol. The van der Waals surface area contributed by atoms with Crippen molar-refractivity contribution >= 4 is 40.6 Å². The van der Waals surface area contributed by atoms with Crippen molar-refractivity contribution in [3.8, 4) is 0 Å². The average Bonchev–Trinajstić information content (AvgIpc) is 2.75. The third-order valence-corrected chi connectivity index (χ3v) is 5.49. The van der Waals surface area contributed by atoms with E-state index in [0.717, 1.165) is 21.7 Å². The molecule has 0 heterocycles. The largest absolute Gasteiger partial charge is 0.325 e. The predicted molar refractivity (Wildman–Crippen MR) is 123 cm³/mol. The second-order valence-corrected chi connectivity index (χ2v) is 7.99. The fourth-order valence-corrected chi connectivity index (χ4v) is 3.56. The number of rotatable bonds is 7. The number of aryl methyl sites for hydroxylation is 2. The molecule has 0 aliphatic carbocycles. The molecule has 2 N–H and O–H groups in total. The van der Waals surface area contributed by atoms with Crippen molar-refractivity contribution in [1.82, 2.24) is 0 Å². The first-order valence-electron chi connectivity index (χ1n) is 9.47. The molecule has 158 valence electrons. The molecule has 3 aromatic carbocycles. The van der Waals surface area contributed by atoms with Crippen LogP contribution in [0.1, 0.15) is 21.5 Å². The maximum absolute atomic E-state index is 12.3. The molecule has 0 radical (unpaired) electrons. The van der Waals surface area contributed by atoms with Gasteiger partial charge in [0.1, 0.15) is 0 Å². The highest BCUT2D eigenvalue weighted by molar-refractivity contribution is 8.00. The van der Waals surface area contributed by atoms with Crippen LogP contribution in [0.2, 0.25) is 0 Å². The molecule has 0 unspecified atom stereocenters. The third kappa shape index (κ3) is 6.16. The van der Waals surface area contributed by atoms with E-state index in [1.54, 1.807) is 12.1 Å². The molecular weight excluding hydrogens is 414 g/mol. The zero-order valence-electron chi connectivity index (χ0n) is 17.0. The van der Waals surface area contributed by atoms with Gasteiger partial charge in [-0.05, 0) is 61.9 Å². The zero-order valence-corrected chi connectivity index (χ0v) is 17.9. The van der Waals surface area contributed by atoms with E-state index in [1.165, 1.54) is 36.0 Å². The van der Waals surface area contributed by atoms with E-state index in [2.05, 4.69) is 10.6 Å². The quantitative estimate of drug-likeness (QED) is 0.302. The van der Waals surface area contributed by atoms with Gasteiger partial charge < -0.3 is 10.6 Å². The van der Waals surface area contributed by atoms with Gasteiger partial charge >= 0.3 is 0 Å². The van der Waals surface area contributed by atoms with Crippen molar-refractivity contribution in [3.05, 3.63) is 93.5 Å². The molecule has 3 aromatic rings. The van der Waals surface area contributed by atoms with Crippen LogP contribution in [0.5, 0.6) is 0 Å². The topological polar surface area (TPSA) is 101 Å². The first-order valence-corrected chi connectivity index (χ1v) is 10.5. The first kappa shape index (κ1) is 22.0. The van der Waals surface area contributed by atoms with Crippen LogP contribution in [0, 0.1) is 24.0 Å². The van der Waals surface area contributed by atoms with Crippen molar-refractivity contribution in [2.75, 3.05) is 16.4 Å². The van der Waals surface area contributed by atoms with E-state index in [-0.39, 0.29) is 23.3 Å². The molecule has 0 saturated heterocycles. The minimum Gasteiger partial charge on any atom is -0.325 e. The van der Waals surface area contributed by atoms with Gasteiger partial charge in [0.25, 0.3) is 11.6 Å². The number of thioether (sulfide) groups is 1. The Hall–Kier alpha value is -3.65. The monoisotopic (exact) mass is 435 g/mol. The molecule has 0 aromatic heterocycles. The number of benzene rings is 3. The van der Waals surface area contributed by atoms with E-state index in [0.29, 0.717) is 11.3 Å². The highest BCUT2D eigenvalue weighted by Crippen LogP contribution is 2.22. The van der Waals surface area contributed by atoms with Crippen LogP contribution in [-0.2, 0) is 4.79 Å². The number of nitro benzene ring substituents is 1. The fraction of sp³-hybridized carbons (Fsp3) is 0.130. The molecule has 0 aliphatic rings. The standard InChI is InChI=1S/C23H21N3O4S/c1-15-3-12-21(16(2)13-15)25-22(27)14-31-20-10-6-18(7-11-20)24-23(28)17-4-8-19(9-5-17)26(29)30/h3-13H,14H2,1-2H3,(H,24,28)(H,25,27). The van der Waals surface area contributed by atoms with E-state index in [4.69, 9.17) is 0 Å².